The highest BCUT2D eigenvalue weighted by atomic mass is 16.6. The van der Waals surface area contributed by atoms with E-state index in [1.807, 2.05) is 30.3 Å². The van der Waals surface area contributed by atoms with Crippen LogP contribution in [0.3, 0.4) is 0 Å². The van der Waals surface area contributed by atoms with Gasteiger partial charge in [-0.2, -0.15) is 0 Å². The number of nitrogens with one attached hydrogen (secondary N) is 1. The fraction of sp³-hybridized carbons (Fsp3) is 0.550. The summed E-state index contributed by atoms with van der Waals surface area (Å²) >= 11 is 0. The van der Waals surface area contributed by atoms with Crippen LogP contribution in [0.4, 0.5) is 9.59 Å². The Labute approximate surface area is 160 Å². The minimum atomic E-state index is -0.733. The lowest BCUT2D eigenvalue weighted by Gasteiger charge is -2.26. The summed E-state index contributed by atoms with van der Waals surface area (Å²) in [4.78, 5) is 37.1. The van der Waals surface area contributed by atoms with Gasteiger partial charge in [-0.3, -0.25) is 4.79 Å². The van der Waals surface area contributed by atoms with Crippen LogP contribution in [0, 0.1) is 0 Å². The molecule has 1 aromatic rings. The summed E-state index contributed by atoms with van der Waals surface area (Å²) in [6.45, 7) is 5.48. The molecule has 1 aliphatic rings. The van der Waals surface area contributed by atoms with Gasteiger partial charge in [0.15, 0.2) is 0 Å². The molecule has 0 aliphatic carbocycles. The molecule has 0 bridgehead atoms. The first-order chi connectivity index (χ1) is 12.7. The zero-order valence-corrected chi connectivity index (χ0v) is 16.2. The molecular formula is C20H28N2O5. The van der Waals surface area contributed by atoms with Crippen molar-refractivity contribution in [2.75, 3.05) is 6.54 Å². The Morgan fingerprint density at radius 3 is 2.48 bits per heavy atom. The maximum atomic E-state index is 12.5. The van der Waals surface area contributed by atoms with Crippen molar-refractivity contribution in [1.82, 2.24) is 10.2 Å². The minimum absolute atomic E-state index is 0.0475. The number of imide groups is 1. The number of hydrogen-bond donors (Lipinski definition) is 1. The van der Waals surface area contributed by atoms with Crippen molar-refractivity contribution in [1.29, 1.82) is 0 Å². The molecular weight excluding hydrogens is 348 g/mol. The largest absolute Gasteiger partial charge is 0.444 e. The normalized spacial score (nSPS) is 16.6. The van der Waals surface area contributed by atoms with E-state index in [0.717, 1.165) is 16.9 Å². The van der Waals surface area contributed by atoms with Crippen LogP contribution in [0.2, 0.25) is 0 Å². The van der Waals surface area contributed by atoms with Crippen LogP contribution < -0.4 is 5.32 Å². The number of amides is 3. The lowest BCUT2D eigenvalue weighted by Crippen LogP contribution is -2.42. The average Bonchev–Trinajstić information content (AvgIpc) is 3.01. The molecule has 1 saturated heterocycles. The Morgan fingerprint density at radius 2 is 1.89 bits per heavy atom. The first kappa shape index (κ1) is 20.7. The van der Waals surface area contributed by atoms with Gasteiger partial charge in [-0.05, 0) is 45.6 Å². The molecule has 1 heterocycles. The van der Waals surface area contributed by atoms with E-state index in [2.05, 4.69) is 5.32 Å². The summed E-state index contributed by atoms with van der Waals surface area (Å²) in [7, 11) is 0. The lowest BCUT2D eigenvalue weighted by atomic mass is 10.1. The molecule has 27 heavy (non-hydrogen) atoms. The minimum Gasteiger partial charge on any atom is -0.444 e. The molecule has 0 spiro atoms. The van der Waals surface area contributed by atoms with E-state index in [0.29, 0.717) is 19.3 Å². The Hall–Kier alpha value is -2.57. The van der Waals surface area contributed by atoms with Gasteiger partial charge in [0.2, 0.25) is 5.91 Å². The quantitative estimate of drug-likeness (QED) is 0.820. The number of benzene rings is 1. The van der Waals surface area contributed by atoms with Gasteiger partial charge in [0.05, 0.1) is 0 Å². The van der Waals surface area contributed by atoms with Gasteiger partial charge in [0.1, 0.15) is 12.2 Å². The predicted octanol–water partition coefficient (Wildman–Crippen LogP) is 3.62. The molecule has 3 amide bonds. The van der Waals surface area contributed by atoms with Gasteiger partial charge in [-0.1, -0.05) is 30.3 Å². The van der Waals surface area contributed by atoms with Crippen LogP contribution in [0.1, 0.15) is 52.0 Å². The maximum Gasteiger partial charge on any atom is 0.419 e. The van der Waals surface area contributed by atoms with Crippen molar-refractivity contribution in [2.45, 2.75) is 64.7 Å². The molecule has 1 N–H and O–H groups in total. The van der Waals surface area contributed by atoms with Crippen molar-refractivity contribution >= 4 is 18.1 Å². The molecule has 0 aromatic heterocycles. The van der Waals surface area contributed by atoms with Gasteiger partial charge >= 0.3 is 12.2 Å². The summed E-state index contributed by atoms with van der Waals surface area (Å²) < 4.78 is 10.6. The molecule has 0 unspecified atom stereocenters. The smallest absolute Gasteiger partial charge is 0.419 e. The van der Waals surface area contributed by atoms with E-state index in [1.165, 1.54) is 0 Å². The summed E-state index contributed by atoms with van der Waals surface area (Å²) in [6, 6.07) is 9.36. The van der Waals surface area contributed by atoms with Gasteiger partial charge in [-0.25, -0.2) is 14.5 Å². The van der Waals surface area contributed by atoms with Crippen molar-refractivity contribution in [2.24, 2.45) is 0 Å². The number of carbonyl (C=O) groups excluding carboxylic acids is 3. The predicted molar refractivity (Wildman–Crippen MR) is 100.0 cm³/mol. The van der Waals surface area contributed by atoms with Crippen LogP contribution in [0.15, 0.2) is 30.3 Å². The van der Waals surface area contributed by atoms with Crippen molar-refractivity contribution in [3.63, 3.8) is 0 Å². The molecule has 1 aromatic carbocycles. The fourth-order valence-corrected chi connectivity index (χ4v) is 2.76. The number of carbonyl (C=O) groups is 3. The Bertz CT molecular complexity index is 654. The van der Waals surface area contributed by atoms with Crippen molar-refractivity contribution in [3.8, 4) is 0 Å². The van der Waals surface area contributed by atoms with Crippen LogP contribution in [0.25, 0.3) is 0 Å². The molecule has 1 atom stereocenters. The number of hydrogen-bond acceptors (Lipinski definition) is 5. The Morgan fingerprint density at radius 1 is 1.19 bits per heavy atom. The highest BCUT2D eigenvalue weighted by Gasteiger charge is 2.29. The molecule has 148 valence electrons. The zero-order chi connectivity index (χ0) is 19.9. The molecule has 0 saturated carbocycles. The number of ether oxygens (including phenoxy) is 2. The van der Waals surface area contributed by atoms with Crippen LogP contribution in [-0.2, 0) is 20.9 Å². The summed E-state index contributed by atoms with van der Waals surface area (Å²) in [5, 5.41) is 2.88. The second kappa shape index (κ2) is 9.39. The summed E-state index contributed by atoms with van der Waals surface area (Å²) in [5.41, 5.74) is 0.123. The van der Waals surface area contributed by atoms with Gasteiger partial charge in [-0.15, -0.1) is 0 Å². The molecule has 0 radical (unpaired) electrons. The first-order valence-electron chi connectivity index (χ1n) is 9.25. The topological polar surface area (TPSA) is 84.9 Å². The summed E-state index contributed by atoms with van der Waals surface area (Å²) in [6.07, 6.45) is 1.10. The van der Waals surface area contributed by atoms with Crippen molar-refractivity contribution in [3.05, 3.63) is 35.9 Å². The third kappa shape index (κ3) is 7.29. The highest BCUT2D eigenvalue weighted by molar-refractivity contribution is 5.87. The Kier molecular flexibility index (Phi) is 7.21. The number of nitrogens with zero attached hydrogens (tertiary/aromatic N) is 1. The average molecular weight is 376 g/mol. The Balaban J connectivity index is 1.92. The zero-order valence-electron chi connectivity index (χ0n) is 16.2. The molecule has 7 nitrogen and oxygen atoms in total. The van der Waals surface area contributed by atoms with Gasteiger partial charge in [0.25, 0.3) is 0 Å². The van der Waals surface area contributed by atoms with Crippen LogP contribution in [-0.4, -0.2) is 41.2 Å². The van der Waals surface area contributed by atoms with Crippen molar-refractivity contribution < 1.29 is 23.9 Å². The molecule has 1 fully saturated rings. The molecule has 1 aliphatic heterocycles. The monoisotopic (exact) mass is 376 g/mol. The molecule has 7 heteroatoms. The SMILES string of the molecule is CC(C)(C)OC(=O)N(CCC[C@@H]1CCC(=O)N1)C(=O)OCc1ccccc1. The third-order valence-electron chi connectivity index (χ3n) is 4.06. The summed E-state index contributed by atoms with van der Waals surface area (Å²) in [5.74, 6) is 0.0475. The maximum absolute atomic E-state index is 12.5. The second-order valence-electron chi connectivity index (χ2n) is 7.62. The number of rotatable bonds is 6. The third-order valence-corrected chi connectivity index (χ3v) is 4.06. The fourth-order valence-electron chi connectivity index (χ4n) is 2.76. The van der Waals surface area contributed by atoms with Gasteiger partial charge in [0, 0.05) is 19.0 Å². The van der Waals surface area contributed by atoms with E-state index in [4.69, 9.17) is 9.47 Å². The molecule has 2 rings (SSSR count). The van der Waals surface area contributed by atoms with Gasteiger partial charge < -0.3 is 14.8 Å². The van der Waals surface area contributed by atoms with E-state index in [1.54, 1.807) is 20.8 Å². The standard InChI is InChI=1S/C20H28N2O5/c1-20(2,3)27-19(25)22(13-7-10-16-11-12-17(23)21-16)18(24)26-14-15-8-5-4-6-9-15/h4-6,8-9,16H,7,10-14H2,1-3H3,(H,21,23)/t16-/m1/s1. The van der Waals surface area contributed by atoms with E-state index in [-0.39, 0.29) is 25.1 Å². The van der Waals surface area contributed by atoms with Crippen LogP contribution in [0.5, 0.6) is 0 Å². The first-order valence-corrected chi connectivity index (χ1v) is 9.25. The lowest BCUT2D eigenvalue weighted by molar-refractivity contribution is -0.119. The van der Waals surface area contributed by atoms with E-state index >= 15 is 0 Å². The van der Waals surface area contributed by atoms with E-state index < -0.39 is 17.8 Å². The van der Waals surface area contributed by atoms with Crippen LogP contribution >= 0.6 is 0 Å². The highest BCUT2D eigenvalue weighted by Crippen LogP contribution is 2.15. The van der Waals surface area contributed by atoms with E-state index in [9.17, 15) is 14.4 Å². The second-order valence-corrected chi connectivity index (χ2v) is 7.62.